The molecule has 0 aromatic carbocycles. The molecule has 0 fully saturated rings. The first-order valence-electron chi connectivity index (χ1n) is 42.0. The normalized spacial score (nSPS) is 13.9. The van der Waals surface area contributed by atoms with Crippen LogP contribution in [-0.2, 0) is 65.4 Å². The van der Waals surface area contributed by atoms with Gasteiger partial charge in [-0.25, -0.2) is 9.13 Å². The van der Waals surface area contributed by atoms with Crippen LogP contribution in [0.5, 0.6) is 0 Å². The number of hydrogen-bond donors (Lipinski definition) is 3. The number of phosphoric ester groups is 2. The predicted molar refractivity (Wildman–Crippen MR) is 409 cm³/mol. The van der Waals surface area contributed by atoms with Crippen LogP contribution in [0.4, 0.5) is 0 Å². The molecule has 3 N–H and O–H groups in total. The van der Waals surface area contributed by atoms with Crippen LogP contribution in [0.25, 0.3) is 0 Å². The minimum absolute atomic E-state index is 0.107. The molecular formula is C81H158O17P2. The highest BCUT2D eigenvalue weighted by Gasteiger charge is 2.30. The second kappa shape index (κ2) is 72.6. The van der Waals surface area contributed by atoms with Crippen molar-refractivity contribution < 1.29 is 80.2 Å². The summed E-state index contributed by atoms with van der Waals surface area (Å²) in [6.45, 7) is 9.62. The lowest BCUT2D eigenvalue weighted by Crippen LogP contribution is -2.30. The molecule has 0 radical (unpaired) electrons. The highest BCUT2D eigenvalue weighted by molar-refractivity contribution is 7.47. The van der Waals surface area contributed by atoms with Crippen LogP contribution < -0.4 is 0 Å². The molecule has 0 amide bonds. The van der Waals surface area contributed by atoms with Gasteiger partial charge in [-0.3, -0.25) is 37.3 Å². The van der Waals surface area contributed by atoms with Crippen LogP contribution in [0.3, 0.4) is 0 Å². The van der Waals surface area contributed by atoms with Crippen molar-refractivity contribution in [1.29, 1.82) is 0 Å². The summed E-state index contributed by atoms with van der Waals surface area (Å²) in [4.78, 5) is 73.0. The van der Waals surface area contributed by atoms with Crippen molar-refractivity contribution in [3.05, 3.63) is 0 Å². The van der Waals surface area contributed by atoms with Crippen LogP contribution in [0.1, 0.15) is 427 Å². The zero-order valence-electron chi connectivity index (χ0n) is 65.5. The van der Waals surface area contributed by atoms with Gasteiger partial charge >= 0.3 is 39.5 Å². The molecule has 0 aliphatic heterocycles. The Morgan fingerprint density at radius 3 is 0.680 bits per heavy atom. The Balaban J connectivity index is 5.24. The SMILES string of the molecule is CCCCCCCCCCCCCCCCCCCC(=O)OC[C@H](COP(=O)(O)OC[C@@H](O)COP(=O)(O)OC[C@@H](COC(=O)CCCCCCCCCC(C)C)OC(=O)CCCCCCCCCCCCCCCC)OC(=O)CCCCCCCCCCCCCCCCCCC(C)C. The number of esters is 4. The van der Waals surface area contributed by atoms with Crippen molar-refractivity contribution in [2.45, 2.75) is 445 Å². The predicted octanol–water partition coefficient (Wildman–Crippen LogP) is 24.3. The molecule has 100 heavy (non-hydrogen) atoms. The molecular weight excluding hydrogens is 1310 g/mol. The lowest BCUT2D eigenvalue weighted by atomic mass is 10.0. The summed E-state index contributed by atoms with van der Waals surface area (Å²) in [6, 6.07) is 0. The van der Waals surface area contributed by atoms with Gasteiger partial charge in [-0.15, -0.1) is 0 Å². The summed E-state index contributed by atoms with van der Waals surface area (Å²) in [5, 5.41) is 10.6. The average Bonchev–Trinajstić information content (AvgIpc) is 0.932. The van der Waals surface area contributed by atoms with E-state index in [4.69, 9.17) is 37.0 Å². The third kappa shape index (κ3) is 74.3. The fourth-order valence-electron chi connectivity index (χ4n) is 12.5. The molecule has 2 unspecified atom stereocenters. The number of rotatable bonds is 80. The maximum absolute atomic E-state index is 13.1. The zero-order chi connectivity index (χ0) is 73.5. The minimum atomic E-state index is -4.96. The van der Waals surface area contributed by atoms with Gasteiger partial charge < -0.3 is 33.8 Å². The molecule has 0 saturated heterocycles. The van der Waals surface area contributed by atoms with Gasteiger partial charge in [-0.05, 0) is 37.5 Å². The maximum Gasteiger partial charge on any atom is 0.472 e. The average molecular weight is 1470 g/mol. The molecule has 0 heterocycles. The third-order valence-electron chi connectivity index (χ3n) is 19.0. The molecule has 5 atom stereocenters. The Labute approximate surface area is 613 Å². The minimum Gasteiger partial charge on any atom is -0.462 e. The number of phosphoric acid groups is 2. The van der Waals surface area contributed by atoms with Crippen molar-refractivity contribution in [2.24, 2.45) is 11.8 Å². The lowest BCUT2D eigenvalue weighted by Gasteiger charge is -2.21. The highest BCUT2D eigenvalue weighted by atomic mass is 31.2. The van der Waals surface area contributed by atoms with Gasteiger partial charge in [0.05, 0.1) is 26.4 Å². The summed E-state index contributed by atoms with van der Waals surface area (Å²) >= 11 is 0. The second-order valence-electron chi connectivity index (χ2n) is 30.1. The number of carbonyl (C=O) groups is 4. The monoisotopic (exact) mass is 1470 g/mol. The number of ether oxygens (including phenoxy) is 4. The first kappa shape index (κ1) is 98.1. The number of hydrogen-bond acceptors (Lipinski definition) is 15. The van der Waals surface area contributed by atoms with Crippen molar-refractivity contribution >= 4 is 39.5 Å². The first-order valence-corrected chi connectivity index (χ1v) is 45.0. The topological polar surface area (TPSA) is 237 Å². The molecule has 594 valence electrons. The van der Waals surface area contributed by atoms with E-state index in [1.165, 1.54) is 238 Å². The van der Waals surface area contributed by atoms with Gasteiger partial charge in [0.15, 0.2) is 12.2 Å². The highest BCUT2D eigenvalue weighted by Crippen LogP contribution is 2.45. The van der Waals surface area contributed by atoms with E-state index in [1.54, 1.807) is 0 Å². The molecule has 0 aliphatic carbocycles. The van der Waals surface area contributed by atoms with E-state index < -0.39 is 97.5 Å². The summed E-state index contributed by atoms with van der Waals surface area (Å²) in [7, 11) is -9.92. The molecule has 19 heteroatoms. The van der Waals surface area contributed by atoms with E-state index >= 15 is 0 Å². The van der Waals surface area contributed by atoms with E-state index in [-0.39, 0.29) is 25.7 Å². The van der Waals surface area contributed by atoms with Crippen LogP contribution in [0, 0.1) is 11.8 Å². The van der Waals surface area contributed by atoms with Gasteiger partial charge in [-0.2, -0.15) is 0 Å². The van der Waals surface area contributed by atoms with Crippen LogP contribution in [0.15, 0.2) is 0 Å². The second-order valence-corrected chi connectivity index (χ2v) is 33.0. The Kier molecular flexibility index (Phi) is 71.2. The van der Waals surface area contributed by atoms with Crippen LogP contribution in [0.2, 0.25) is 0 Å². The molecule has 0 rings (SSSR count). The third-order valence-corrected chi connectivity index (χ3v) is 20.9. The summed E-state index contributed by atoms with van der Waals surface area (Å²) in [5.41, 5.74) is 0. The Morgan fingerprint density at radius 1 is 0.270 bits per heavy atom. The first-order chi connectivity index (χ1) is 48.4. The van der Waals surface area contributed by atoms with Crippen LogP contribution in [-0.4, -0.2) is 96.7 Å². The number of unbranched alkanes of at least 4 members (excludes halogenated alkanes) is 50. The standard InChI is InChI=1S/C81H158O17P2/c1-7-9-11-13-15-17-19-21-23-24-28-32-35-39-45-51-57-63-78(83)91-69-76(97-80(85)66-60-54-47-41-37-33-29-26-25-27-30-34-38-43-49-55-61-73(3)4)71-95-99(87,88)93-67-75(82)68-94-100(89,90)96-72-77(70-92-79(84)64-58-52-48-42-44-50-56-62-74(5)6)98-81(86)65-59-53-46-40-36-31-22-20-18-16-14-12-10-8-2/h73-77,82H,7-72H2,1-6H3,(H,87,88)(H,89,90)/t75-,76-,77-/m1/s1. The Hall–Kier alpha value is -1.94. The fourth-order valence-corrected chi connectivity index (χ4v) is 14.1. The van der Waals surface area contributed by atoms with E-state index in [0.29, 0.717) is 31.6 Å². The molecule has 17 nitrogen and oxygen atoms in total. The molecule has 0 aromatic heterocycles. The number of carbonyl (C=O) groups excluding carboxylic acids is 4. The van der Waals surface area contributed by atoms with Gasteiger partial charge in [0.25, 0.3) is 0 Å². The van der Waals surface area contributed by atoms with E-state index in [9.17, 15) is 43.2 Å². The van der Waals surface area contributed by atoms with Crippen LogP contribution >= 0.6 is 15.6 Å². The molecule has 0 aromatic rings. The van der Waals surface area contributed by atoms with Crippen molar-refractivity contribution in [1.82, 2.24) is 0 Å². The smallest absolute Gasteiger partial charge is 0.462 e. The van der Waals surface area contributed by atoms with Gasteiger partial charge in [0, 0.05) is 25.7 Å². The molecule has 0 spiro atoms. The van der Waals surface area contributed by atoms with Gasteiger partial charge in [0.1, 0.15) is 19.3 Å². The van der Waals surface area contributed by atoms with Crippen molar-refractivity contribution in [3.8, 4) is 0 Å². The fraction of sp³-hybridized carbons (Fsp3) is 0.951. The number of aliphatic hydroxyl groups excluding tert-OH is 1. The van der Waals surface area contributed by atoms with E-state index in [2.05, 4.69) is 41.5 Å². The maximum atomic E-state index is 13.1. The number of aliphatic hydroxyl groups is 1. The van der Waals surface area contributed by atoms with Gasteiger partial charge in [0.2, 0.25) is 0 Å². The largest absolute Gasteiger partial charge is 0.472 e. The Bertz CT molecular complexity index is 1920. The van der Waals surface area contributed by atoms with Crippen molar-refractivity contribution in [3.63, 3.8) is 0 Å². The van der Waals surface area contributed by atoms with E-state index in [1.807, 2.05) is 0 Å². The summed E-state index contributed by atoms with van der Waals surface area (Å²) < 4.78 is 68.7. The summed E-state index contributed by atoms with van der Waals surface area (Å²) in [6.07, 6.45) is 62.5. The molecule has 0 aliphatic rings. The van der Waals surface area contributed by atoms with Gasteiger partial charge in [-0.1, -0.05) is 375 Å². The van der Waals surface area contributed by atoms with Crippen molar-refractivity contribution in [2.75, 3.05) is 39.6 Å². The lowest BCUT2D eigenvalue weighted by molar-refractivity contribution is -0.161. The molecule has 0 saturated carbocycles. The van der Waals surface area contributed by atoms with E-state index in [0.717, 1.165) is 102 Å². The Morgan fingerprint density at radius 2 is 0.460 bits per heavy atom. The zero-order valence-corrected chi connectivity index (χ0v) is 67.3. The molecule has 0 bridgehead atoms. The quantitative estimate of drug-likeness (QED) is 0.0222. The summed E-state index contributed by atoms with van der Waals surface area (Å²) in [5.74, 6) is -0.593.